The molecule has 0 atom stereocenters. The number of amides is 1. The Balaban J connectivity index is 2.56. The van der Waals surface area contributed by atoms with Crippen molar-refractivity contribution in [1.29, 1.82) is 0 Å². The lowest BCUT2D eigenvalue weighted by Crippen LogP contribution is -2.27. The first-order chi connectivity index (χ1) is 5.86. The largest absolute Gasteiger partial charge is 0.296 e. The Bertz CT molecular complexity index is 236. The number of nitrogens with zero attached hydrogens (tertiary/aromatic N) is 1. The molecule has 12 heavy (non-hydrogen) atoms. The lowest BCUT2D eigenvalue weighted by atomic mass is 10.3. The van der Waals surface area contributed by atoms with Gasteiger partial charge in [0.05, 0.1) is 5.69 Å². The van der Waals surface area contributed by atoms with Crippen LogP contribution in [0.1, 0.15) is 6.92 Å². The molecule has 0 spiro atoms. The van der Waals surface area contributed by atoms with Gasteiger partial charge < -0.3 is 0 Å². The van der Waals surface area contributed by atoms with Crippen molar-refractivity contribution in [2.24, 2.45) is 0 Å². The molecule has 1 rings (SSSR count). The Morgan fingerprint density at radius 2 is 2.08 bits per heavy atom. The van der Waals surface area contributed by atoms with Crippen LogP contribution in [-0.2, 0) is 4.79 Å². The van der Waals surface area contributed by atoms with Crippen molar-refractivity contribution >= 4 is 12.1 Å². The zero-order chi connectivity index (χ0) is 8.81. The van der Waals surface area contributed by atoms with Crippen LogP contribution in [0, 0.1) is 0 Å². The Kier molecular flexibility index (Phi) is 3.14. The lowest BCUT2D eigenvalue weighted by molar-refractivity contribution is -0.116. The van der Waals surface area contributed by atoms with E-state index in [1.807, 2.05) is 37.3 Å². The minimum atomic E-state index is 0.651. The van der Waals surface area contributed by atoms with Crippen LogP contribution in [0.5, 0.6) is 0 Å². The molecular weight excluding hydrogens is 152 g/mol. The number of hydrogen-bond donors (Lipinski definition) is 1. The summed E-state index contributed by atoms with van der Waals surface area (Å²) in [4.78, 5) is 10.4. The maximum atomic E-state index is 10.4. The molecule has 1 N–H and O–H groups in total. The number of para-hydroxylation sites is 1. The Labute approximate surface area is 72.0 Å². The molecule has 64 valence electrons. The van der Waals surface area contributed by atoms with E-state index in [0.717, 1.165) is 12.1 Å². The van der Waals surface area contributed by atoms with Gasteiger partial charge in [-0.15, -0.1) is 0 Å². The summed E-state index contributed by atoms with van der Waals surface area (Å²) in [6.07, 6.45) is 0.771. The molecule has 0 bridgehead atoms. The topological polar surface area (TPSA) is 32.3 Å². The van der Waals surface area contributed by atoms with Gasteiger partial charge >= 0.3 is 0 Å². The molecular formula is C9H12N2O. The third kappa shape index (κ3) is 2.27. The summed E-state index contributed by atoms with van der Waals surface area (Å²) in [5.74, 6) is 0. The first-order valence-corrected chi connectivity index (χ1v) is 3.90. The van der Waals surface area contributed by atoms with Crippen molar-refractivity contribution in [3.05, 3.63) is 30.3 Å². The van der Waals surface area contributed by atoms with Crippen molar-refractivity contribution in [2.45, 2.75) is 6.92 Å². The highest BCUT2D eigenvalue weighted by Crippen LogP contribution is 2.04. The number of hydrazine groups is 1. The maximum Gasteiger partial charge on any atom is 0.228 e. The zero-order valence-electron chi connectivity index (χ0n) is 7.03. The predicted octanol–water partition coefficient (Wildman–Crippen LogP) is 1.49. The van der Waals surface area contributed by atoms with Crippen LogP contribution in [-0.4, -0.2) is 18.0 Å². The summed E-state index contributed by atoms with van der Waals surface area (Å²) in [5.41, 5.74) is 3.87. The van der Waals surface area contributed by atoms with Crippen LogP contribution < -0.4 is 5.43 Å². The second-order valence-electron chi connectivity index (χ2n) is 2.37. The SMILES string of the molecule is CCN(C=O)Nc1ccccc1. The molecule has 0 aliphatic heterocycles. The van der Waals surface area contributed by atoms with E-state index in [9.17, 15) is 4.79 Å². The van der Waals surface area contributed by atoms with Crippen LogP contribution in [0.3, 0.4) is 0 Å². The molecule has 3 nitrogen and oxygen atoms in total. The van der Waals surface area contributed by atoms with Gasteiger partial charge in [-0.2, -0.15) is 0 Å². The van der Waals surface area contributed by atoms with Gasteiger partial charge in [0, 0.05) is 6.54 Å². The number of carbonyl (C=O) groups excluding carboxylic acids is 1. The number of rotatable bonds is 4. The first kappa shape index (κ1) is 8.59. The average Bonchev–Trinajstić information content (AvgIpc) is 2.16. The highest BCUT2D eigenvalue weighted by molar-refractivity contribution is 5.53. The summed E-state index contributed by atoms with van der Waals surface area (Å²) >= 11 is 0. The standard InChI is InChI=1S/C9H12N2O/c1-2-11(8-12)10-9-6-4-3-5-7-9/h3-8,10H,2H2,1H3. The summed E-state index contributed by atoms with van der Waals surface area (Å²) in [6.45, 7) is 2.56. The van der Waals surface area contributed by atoms with Crippen molar-refractivity contribution in [1.82, 2.24) is 5.01 Å². The van der Waals surface area contributed by atoms with Gasteiger partial charge in [-0.1, -0.05) is 18.2 Å². The Hall–Kier alpha value is -1.51. The molecule has 1 amide bonds. The molecule has 0 saturated carbocycles. The second kappa shape index (κ2) is 4.38. The Morgan fingerprint density at radius 1 is 1.42 bits per heavy atom. The van der Waals surface area contributed by atoms with Gasteiger partial charge in [0.15, 0.2) is 0 Å². The fourth-order valence-electron chi connectivity index (χ4n) is 0.858. The zero-order valence-corrected chi connectivity index (χ0v) is 7.03. The van der Waals surface area contributed by atoms with Gasteiger partial charge in [-0.3, -0.25) is 15.2 Å². The van der Waals surface area contributed by atoms with E-state index in [4.69, 9.17) is 0 Å². The van der Waals surface area contributed by atoms with Gasteiger partial charge in [-0.05, 0) is 19.1 Å². The highest BCUT2D eigenvalue weighted by atomic mass is 16.1. The summed E-state index contributed by atoms with van der Waals surface area (Å²) in [7, 11) is 0. The van der Waals surface area contributed by atoms with Crippen molar-refractivity contribution in [3.8, 4) is 0 Å². The normalized spacial score (nSPS) is 9.08. The molecule has 0 aliphatic carbocycles. The fourth-order valence-corrected chi connectivity index (χ4v) is 0.858. The van der Waals surface area contributed by atoms with E-state index in [0.29, 0.717) is 6.54 Å². The molecule has 3 heteroatoms. The third-order valence-corrected chi connectivity index (χ3v) is 1.51. The van der Waals surface area contributed by atoms with E-state index in [1.165, 1.54) is 5.01 Å². The van der Waals surface area contributed by atoms with Crippen LogP contribution in [0.15, 0.2) is 30.3 Å². The molecule has 0 radical (unpaired) electrons. The molecule has 0 saturated heterocycles. The van der Waals surface area contributed by atoms with E-state index in [1.54, 1.807) is 0 Å². The van der Waals surface area contributed by atoms with E-state index < -0.39 is 0 Å². The lowest BCUT2D eigenvalue weighted by Gasteiger charge is -2.16. The first-order valence-electron chi connectivity index (χ1n) is 3.90. The van der Waals surface area contributed by atoms with Crippen LogP contribution in [0.2, 0.25) is 0 Å². The van der Waals surface area contributed by atoms with E-state index >= 15 is 0 Å². The van der Waals surface area contributed by atoms with Gasteiger partial charge in [0.1, 0.15) is 0 Å². The van der Waals surface area contributed by atoms with E-state index in [2.05, 4.69) is 5.43 Å². The van der Waals surface area contributed by atoms with Crippen molar-refractivity contribution < 1.29 is 4.79 Å². The molecule has 0 aromatic heterocycles. The van der Waals surface area contributed by atoms with Gasteiger partial charge in [-0.25, -0.2) is 0 Å². The van der Waals surface area contributed by atoms with E-state index in [-0.39, 0.29) is 0 Å². The van der Waals surface area contributed by atoms with Crippen molar-refractivity contribution in [3.63, 3.8) is 0 Å². The highest BCUT2D eigenvalue weighted by Gasteiger charge is 1.95. The summed E-state index contributed by atoms with van der Waals surface area (Å²) in [6, 6.07) is 9.59. The Morgan fingerprint density at radius 3 is 2.58 bits per heavy atom. The maximum absolute atomic E-state index is 10.4. The predicted molar refractivity (Wildman–Crippen MR) is 48.5 cm³/mol. The smallest absolute Gasteiger partial charge is 0.228 e. The third-order valence-electron chi connectivity index (χ3n) is 1.51. The monoisotopic (exact) mass is 164 g/mol. The number of carbonyl (C=O) groups is 1. The molecule has 1 aromatic carbocycles. The average molecular weight is 164 g/mol. The molecule has 0 unspecified atom stereocenters. The van der Waals surface area contributed by atoms with Crippen LogP contribution >= 0.6 is 0 Å². The summed E-state index contributed by atoms with van der Waals surface area (Å²) in [5, 5.41) is 1.48. The van der Waals surface area contributed by atoms with Gasteiger partial charge in [0.2, 0.25) is 6.41 Å². The molecule has 1 aromatic rings. The fraction of sp³-hybridized carbons (Fsp3) is 0.222. The number of anilines is 1. The number of hydrogen-bond acceptors (Lipinski definition) is 2. The second-order valence-corrected chi connectivity index (χ2v) is 2.37. The molecule has 0 fully saturated rings. The number of benzene rings is 1. The summed E-state index contributed by atoms with van der Waals surface area (Å²) < 4.78 is 0. The van der Waals surface area contributed by atoms with Crippen LogP contribution in [0.4, 0.5) is 5.69 Å². The minimum Gasteiger partial charge on any atom is -0.296 e. The van der Waals surface area contributed by atoms with Crippen LogP contribution in [0.25, 0.3) is 0 Å². The minimum absolute atomic E-state index is 0.651. The quantitative estimate of drug-likeness (QED) is 0.540. The van der Waals surface area contributed by atoms with Crippen molar-refractivity contribution in [2.75, 3.05) is 12.0 Å². The molecule has 0 heterocycles. The number of nitrogens with one attached hydrogen (secondary N) is 1. The van der Waals surface area contributed by atoms with Gasteiger partial charge in [0.25, 0.3) is 0 Å². The molecule has 0 aliphatic rings.